The zero-order valence-corrected chi connectivity index (χ0v) is 12.1. The van der Waals surface area contributed by atoms with Crippen LogP contribution in [0.5, 0.6) is 0 Å². The minimum Gasteiger partial charge on any atom is -0.481 e. The van der Waals surface area contributed by atoms with E-state index in [4.69, 9.17) is 5.11 Å². The molecule has 104 valence electrons. The number of carbonyl (C=O) groups is 2. The molecular weight excluding hydrogens is 264 g/mol. The van der Waals surface area contributed by atoms with Gasteiger partial charge in [-0.25, -0.2) is 4.98 Å². The van der Waals surface area contributed by atoms with Gasteiger partial charge in [0.05, 0.1) is 17.4 Å². The second-order valence-corrected chi connectivity index (χ2v) is 6.11. The smallest absolute Gasteiger partial charge is 0.307 e. The Morgan fingerprint density at radius 1 is 1.58 bits per heavy atom. The van der Waals surface area contributed by atoms with E-state index in [0.29, 0.717) is 6.42 Å². The number of rotatable bonds is 5. The number of nitrogens with one attached hydrogen (secondary N) is 1. The standard InChI is InChI=1S/C13H18N2O3S/c1-4-13(3,12-14-7(2)6-19-12)15-10(16)8-5-9(8)11(17)18/h6,8-9H,4-5H2,1-3H3,(H,15,16)(H,17,18)/t8-,9-,13-/m0/s1. The van der Waals surface area contributed by atoms with E-state index in [0.717, 1.165) is 17.1 Å². The predicted molar refractivity (Wildman–Crippen MR) is 71.9 cm³/mol. The average Bonchev–Trinajstić information content (AvgIpc) is 3.05. The van der Waals surface area contributed by atoms with Crippen LogP contribution in [0.3, 0.4) is 0 Å². The maximum absolute atomic E-state index is 12.1. The molecule has 0 saturated heterocycles. The van der Waals surface area contributed by atoms with Gasteiger partial charge in [0.25, 0.3) is 0 Å². The maximum Gasteiger partial charge on any atom is 0.307 e. The third kappa shape index (κ3) is 2.78. The Labute approximate surface area is 116 Å². The summed E-state index contributed by atoms with van der Waals surface area (Å²) < 4.78 is 0. The van der Waals surface area contributed by atoms with Gasteiger partial charge in [-0.1, -0.05) is 6.92 Å². The molecule has 0 bridgehead atoms. The van der Waals surface area contributed by atoms with Gasteiger partial charge in [-0.3, -0.25) is 9.59 Å². The number of hydrogen-bond acceptors (Lipinski definition) is 4. The predicted octanol–water partition coefficient (Wildman–Crippen LogP) is 1.91. The molecule has 1 saturated carbocycles. The molecule has 1 aliphatic rings. The van der Waals surface area contributed by atoms with Crippen molar-refractivity contribution in [1.82, 2.24) is 10.3 Å². The number of nitrogens with zero attached hydrogens (tertiary/aromatic N) is 1. The van der Waals surface area contributed by atoms with Crippen molar-refractivity contribution in [3.05, 3.63) is 16.1 Å². The van der Waals surface area contributed by atoms with E-state index in [1.54, 1.807) is 0 Å². The highest BCUT2D eigenvalue weighted by atomic mass is 32.1. The number of carbonyl (C=O) groups excluding carboxylic acids is 1. The van der Waals surface area contributed by atoms with Gasteiger partial charge in [0.2, 0.25) is 5.91 Å². The minimum atomic E-state index is -0.886. The molecule has 0 spiro atoms. The summed E-state index contributed by atoms with van der Waals surface area (Å²) in [6, 6.07) is 0. The van der Waals surface area contributed by atoms with Crippen molar-refractivity contribution in [1.29, 1.82) is 0 Å². The normalized spacial score (nSPS) is 24.6. The quantitative estimate of drug-likeness (QED) is 0.864. The molecule has 5 nitrogen and oxygen atoms in total. The number of aryl methyl sites for hydroxylation is 1. The first-order chi connectivity index (χ1) is 8.87. The van der Waals surface area contributed by atoms with Crippen LogP contribution in [-0.2, 0) is 15.1 Å². The molecule has 0 aromatic carbocycles. The zero-order valence-electron chi connectivity index (χ0n) is 11.3. The van der Waals surface area contributed by atoms with Crippen LogP contribution in [0, 0.1) is 18.8 Å². The summed E-state index contributed by atoms with van der Waals surface area (Å²) in [6.45, 7) is 5.83. The summed E-state index contributed by atoms with van der Waals surface area (Å²) in [5.41, 5.74) is 0.422. The van der Waals surface area contributed by atoms with Crippen molar-refractivity contribution in [2.75, 3.05) is 0 Å². The van der Waals surface area contributed by atoms with Crippen molar-refractivity contribution in [2.45, 2.75) is 39.2 Å². The van der Waals surface area contributed by atoms with E-state index in [9.17, 15) is 9.59 Å². The van der Waals surface area contributed by atoms with E-state index in [1.807, 2.05) is 26.2 Å². The van der Waals surface area contributed by atoms with Crippen LogP contribution >= 0.6 is 11.3 Å². The Balaban J connectivity index is 2.07. The van der Waals surface area contributed by atoms with Crippen LogP contribution < -0.4 is 5.32 Å². The molecule has 1 aliphatic carbocycles. The highest BCUT2D eigenvalue weighted by Gasteiger charge is 2.49. The maximum atomic E-state index is 12.1. The number of carboxylic acids is 1. The summed E-state index contributed by atoms with van der Waals surface area (Å²) in [6.07, 6.45) is 1.16. The first-order valence-electron chi connectivity index (χ1n) is 6.35. The Kier molecular flexibility index (Phi) is 3.62. The van der Waals surface area contributed by atoms with Crippen molar-refractivity contribution in [3.8, 4) is 0 Å². The summed E-state index contributed by atoms with van der Waals surface area (Å²) in [4.78, 5) is 27.3. The number of aliphatic carboxylic acids is 1. The largest absolute Gasteiger partial charge is 0.481 e. The van der Waals surface area contributed by atoms with Gasteiger partial charge in [0.1, 0.15) is 5.01 Å². The fourth-order valence-electron chi connectivity index (χ4n) is 2.02. The Morgan fingerprint density at radius 3 is 2.68 bits per heavy atom. The lowest BCUT2D eigenvalue weighted by Crippen LogP contribution is -2.44. The van der Waals surface area contributed by atoms with Crippen LogP contribution in [0.15, 0.2) is 5.38 Å². The number of carboxylic acid groups (broad SMARTS) is 1. The second kappa shape index (κ2) is 4.92. The van der Waals surface area contributed by atoms with Crippen molar-refractivity contribution in [2.24, 2.45) is 11.8 Å². The fraction of sp³-hybridized carbons (Fsp3) is 0.615. The van der Waals surface area contributed by atoms with Crippen LogP contribution in [0.4, 0.5) is 0 Å². The van der Waals surface area contributed by atoms with Crippen molar-refractivity contribution in [3.63, 3.8) is 0 Å². The highest BCUT2D eigenvalue weighted by molar-refractivity contribution is 7.09. The van der Waals surface area contributed by atoms with Crippen LogP contribution in [0.25, 0.3) is 0 Å². The molecule has 1 aromatic rings. The van der Waals surface area contributed by atoms with Crippen LogP contribution in [0.2, 0.25) is 0 Å². The number of thiazole rings is 1. The number of aromatic nitrogens is 1. The van der Waals surface area contributed by atoms with Gasteiger partial charge in [0, 0.05) is 11.1 Å². The molecule has 2 N–H and O–H groups in total. The minimum absolute atomic E-state index is 0.176. The fourth-order valence-corrected chi connectivity index (χ4v) is 3.01. The summed E-state index contributed by atoms with van der Waals surface area (Å²) in [7, 11) is 0. The molecule has 1 fully saturated rings. The lowest BCUT2D eigenvalue weighted by molar-refractivity contribution is -0.140. The Morgan fingerprint density at radius 2 is 2.26 bits per heavy atom. The molecule has 0 unspecified atom stereocenters. The lowest BCUT2D eigenvalue weighted by Gasteiger charge is -2.27. The SMILES string of the molecule is CC[C@](C)(NC(=O)[C@H]1C[C@@H]1C(=O)O)c1nc(C)cs1. The van der Waals surface area contributed by atoms with E-state index in [1.165, 1.54) is 11.3 Å². The van der Waals surface area contributed by atoms with Gasteiger partial charge < -0.3 is 10.4 Å². The van der Waals surface area contributed by atoms with E-state index in [-0.39, 0.29) is 11.8 Å². The van der Waals surface area contributed by atoms with Gasteiger partial charge in [-0.05, 0) is 26.7 Å². The molecule has 2 rings (SSSR count). The second-order valence-electron chi connectivity index (χ2n) is 5.26. The van der Waals surface area contributed by atoms with Gasteiger partial charge >= 0.3 is 5.97 Å². The van der Waals surface area contributed by atoms with Crippen LogP contribution in [-0.4, -0.2) is 22.0 Å². The van der Waals surface area contributed by atoms with E-state index >= 15 is 0 Å². The summed E-state index contributed by atoms with van der Waals surface area (Å²) >= 11 is 1.52. The number of amides is 1. The third-order valence-electron chi connectivity index (χ3n) is 3.64. The molecule has 19 heavy (non-hydrogen) atoms. The summed E-state index contributed by atoms with van der Waals surface area (Å²) in [5, 5.41) is 14.6. The summed E-state index contributed by atoms with van der Waals surface area (Å²) in [5.74, 6) is -1.96. The number of hydrogen-bond donors (Lipinski definition) is 2. The molecule has 1 aromatic heterocycles. The molecule has 3 atom stereocenters. The van der Waals surface area contributed by atoms with Gasteiger partial charge in [0.15, 0.2) is 0 Å². The Hall–Kier alpha value is -1.43. The van der Waals surface area contributed by atoms with Crippen LogP contribution in [0.1, 0.15) is 37.4 Å². The lowest BCUT2D eigenvalue weighted by atomic mass is 9.99. The first-order valence-corrected chi connectivity index (χ1v) is 7.23. The van der Waals surface area contributed by atoms with E-state index in [2.05, 4.69) is 10.3 Å². The average molecular weight is 282 g/mol. The van der Waals surface area contributed by atoms with E-state index < -0.39 is 17.4 Å². The molecule has 1 heterocycles. The zero-order chi connectivity index (χ0) is 14.2. The molecule has 6 heteroatoms. The highest BCUT2D eigenvalue weighted by Crippen LogP contribution is 2.40. The topological polar surface area (TPSA) is 79.3 Å². The first kappa shape index (κ1) is 14.0. The van der Waals surface area contributed by atoms with Gasteiger partial charge in [-0.2, -0.15) is 0 Å². The third-order valence-corrected chi connectivity index (χ3v) is 4.87. The molecule has 1 amide bonds. The molecular formula is C13H18N2O3S. The molecule has 0 aliphatic heterocycles. The van der Waals surface area contributed by atoms with Crippen molar-refractivity contribution >= 4 is 23.2 Å². The van der Waals surface area contributed by atoms with Gasteiger partial charge in [-0.15, -0.1) is 11.3 Å². The monoisotopic (exact) mass is 282 g/mol. The molecule has 0 radical (unpaired) electrons. The Bertz CT molecular complexity index is 514. The van der Waals surface area contributed by atoms with Crippen molar-refractivity contribution < 1.29 is 14.7 Å².